The average molecular weight is 587 g/mol. The highest BCUT2D eigenvalue weighted by Gasteiger charge is 2.38. The molecule has 0 saturated carbocycles. The summed E-state index contributed by atoms with van der Waals surface area (Å²) in [5, 5.41) is 0. The van der Waals surface area contributed by atoms with E-state index in [1.807, 2.05) is 43.6 Å². The number of nitrogens with zero attached hydrogens (tertiary/aromatic N) is 2. The first-order valence-electron chi connectivity index (χ1n) is 16.4. The smallest absolute Gasteiger partial charge is 0.0720 e. The fourth-order valence-electron chi connectivity index (χ4n) is 7.34. The number of hydrogen-bond donors (Lipinski definition) is 0. The Bertz CT molecular complexity index is 1860. The largest absolute Gasteiger partial charge is 0.285 e. The Morgan fingerprint density at radius 1 is 0.844 bits per heavy atom. The molecule has 45 heavy (non-hydrogen) atoms. The van der Waals surface area contributed by atoms with Crippen molar-refractivity contribution >= 4 is 17.9 Å². The van der Waals surface area contributed by atoms with Gasteiger partial charge in [-0.2, -0.15) is 0 Å². The van der Waals surface area contributed by atoms with Gasteiger partial charge in [-0.3, -0.25) is 9.98 Å². The number of pyridine rings is 1. The molecule has 3 aliphatic carbocycles. The molecule has 7 rings (SSSR count). The van der Waals surface area contributed by atoms with Crippen LogP contribution < -0.4 is 0 Å². The molecular formula is C43H42N2. The molecule has 2 nitrogen and oxygen atoms in total. The number of rotatable bonds is 6. The zero-order valence-corrected chi connectivity index (χ0v) is 27.0. The molecule has 4 unspecified atom stereocenters. The summed E-state index contributed by atoms with van der Waals surface area (Å²) in [6.07, 6.45) is 18.9. The lowest BCUT2D eigenvalue weighted by Gasteiger charge is -2.41. The molecule has 0 bridgehead atoms. The molecule has 0 spiro atoms. The third kappa shape index (κ3) is 5.48. The first-order chi connectivity index (χ1) is 21.8. The van der Waals surface area contributed by atoms with E-state index in [9.17, 15) is 0 Å². The van der Waals surface area contributed by atoms with Gasteiger partial charge in [-0.1, -0.05) is 123 Å². The molecule has 0 N–H and O–H groups in total. The molecular weight excluding hydrogens is 544 g/mol. The van der Waals surface area contributed by atoms with Crippen LogP contribution in [0.25, 0.3) is 22.9 Å². The molecule has 4 aromatic rings. The van der Waals surface area contributed by atoms with Gasteiger partial charge in [0.25, 0.3) is 0 Å². The Hall–Kier alpha value is -4.56. The van der Waals surface area contributed by atoms with Gasteiger partial charge in [0, 0.05) is 35.7 Å². The minimum absolute atomic E-state index is 0.122. The number of aromatic nitrogens is 1. The highest BCUT2D eigenvalue weighted by atomic mass is 14.7. The summed E-state index contributed by atoms with van der Waals surface area (Å²) in [7, 11) is 0. The van der Waals surface area contributed by atoms with Crippen LogP contribution in [0.1, 0.15) is 104 Å². The summed E-state index contributed by atoms with van der Waals surface area (Å²) in [4.78, 5) is 9.28. The van der Waals surface area contributed by atoms with Crippen LogP contribution >= 0.6 is 0 Å². The van der Waals surface area contributed by atoms with Gasteiger partial charge >= 0.3 is 0 Å². The topological polar surface area (TPSA) is 25.2 Å². The zero-order chi connectivity index (χ0) is 31.1. The summed E-state index contributed by atoms with van der Waals surface area (Å²) in [6, 6.07) is 29.2. The molecule has 0 fully saturated rings. The van der Waals surface area contributed by atoms with Crippen molar-refractivity contribution < 1.29 is 0 Å². The first-order valence-corrected chi connectivity index (χ1v) is 16.4. The highest BCUT2D eigenvalue weighted by Crippen LogP contribution is 2.55. The van der Waals surface area contributed by atoms with Crippen molar-refractivity contribution in [3.05, 3.63) is 160 Å². The fourth-order valence-corrected chi connectivity index (χ4v) is 7.34. The number of aliphatic imine (C=N–C) groups is 1. The molecule has 3 aliphatic rings. The van der Waals surface area contributed by atoms with E-state index >= 15 is 0 Å². The second-order valence-corrected chi connectivity index (χ2v) is 13.7. The maximum Gasteiger partial charge on any atom is 0.0720 e. The van der Waals surface area contributed by atoms with Crippen LogP contribution in [0.3, 0.4) is 0 Å². The molecule has 1 heterocycles. The van der Waals surface area contributed by atoms with Crippen LogP contribution in [0.2, 0.25) is 0 Å². The van der Waals surface area contributed by atoms with Gasteiger partial charge < -0.3 is 0 Å². The van der Waals surface area contributed by atoms with Crippen molar-refractivity contribution in [3.63, 3.8) is 0 Å². The second kappa shape index (κ2) is 11.7. The van der Waals surface area contributed by atoms with Crippen molar-refractivity contribution in [2.45, 2.75) is 64.8 Å². The van der Waals surface area contributed by atoms with Crippen LogP contribution in [-0.2, 0) is 0 Å². The van der Waals surface area contributed by atoms with Gasteiger partial charge in [-0.05, 0) is 88.4 Å². The average Bonchev–Trinajstić information content (AvgIpc) is 3.07. The van der Waals surface area contributed by atoms with Crippen LogP contribution in [-0.4, -0.2) is 11.2 Å². The first kappa shape index (κ1) is 29.2. The van der Waals surface area contributed by atoms with Gasteiger partial charge in [0.05, 0.1) is 11.7 Å². The van der Waals surface area contributed by atoms with Crippen molar-refractivity contribution in [1.82, 2.24) is 4.98 Å². The van der Waals surface area contributed by atoms with Gasteiger partial charge in [-0.15, -0.1) is 0 Å². The lowest BCUT2D eigenvalue weighted by atomic mass is 9.63. The standard InChI is InChI=1S/C43H42N2/c1-6-7-23-44-28(2)29-11-13-30(14-12-29)38-27-39(31-15-17-32(18-16-31)40-10-8-9-24-45-40)37-22-20-34-26-35(43(3,4)5)25-33-19-21-36(38)42(37)41(33)34/h6-24,26-28,33,36,38H,25H2,1-5H3/b7-6-,44-23-. The maximum atomic E-state index is 4.70. The monoisotopic (exact) mass is 586 g/mol. The van der Waals surface area contributed by atoms with E-state index < -0.39 is 0 Å². The Labute approximate surface area is 268 Å². The van der Waals surface area contributed by atoms with Gasteiger partial charge in [0.1, 0.15) is 0 Å². The lowest BCUT2D eigenvalue weighted by Crippen LogP contribution is -2.25. The van der Waals surface area contributed by atoms with Gasteiger partial charge in [0.2, 0.25) is 0 Å². The summed E-state index contributed by atoms with van der Waals surface area (Å²) < 4.78 is 0. The van der Waals surface area contributed by atoms with E-state index in [0.717, 1.165) is 17.7 Å². The molecule has 0 saturated heterocycles. The quantitative estimate of drug-likeness (QED) is 0.163. The Kier molecular flexibility index (Phi) is 7.61. The molecule has 1 aromatic heterocycles. The summed E-state index contributed by atoms with van der Waals surface area (Å²) in [5.74, 6) is 0.981. The normalized spacial score (nSPS) is 21.0. The lowest BCUT2D eigenvalue weighted by molar-refractivity contribution is 0.474. The molecule has 0 radical (unpaired) electrons. The third-order valence-corrected chi connectivity index (χ3v) is 9.88. The minimum atomic E-state index is 0.122. The SMILES string of the molecule is C/C=C\C=N/C(C)c1ccc(C2C=C(c3ccc(-c4ccccn4)cc3)c3ccc4c5c3C2C=CC5CC(C(C)(C)C)=C4)cc1. The van der Waals surface area contributed by atoms with E-state index in [0.29, 0.717) is 11.8 Å². The fraction of sp³-hybridized carbons (Fsp3) is 0.256. The molecule has 3 aromatic carbocycles. The number of allylic oxidation sites excluding steroid dienone is 6. The highest BCUT2D eigenvalue weighted by molar-refractivity contribution is 5.88. The van der Waals surface area contributed by atoms with E-state index in [-0.39, 0.29) is 17.4 Å². The predicted molar refractivity (Wildman–Crippen MR) is 191 cm³/mol. The predicted octanol–water partition coefficient (Wildman–Crippen LogP) is 11.3. The van der Waals surface area contributed by atoms with E-state index in [2.05, 4.69) is 124 Å². The second-order valence-electron chi connectivity index (χ2n) is 13.7. The Morgan fingerprint density at radius 2 is 1.62 bits per heavy atom. The van der Waals surface area contributed by atoms with Crippen molar-refractivity contribution in [2.24, 2.45) is 10.4 Å². The van der Waals surface area contributed by atoms with Crippen LogP contribution in [0.5, 0.6) is 0 Å². The number of hydrogen-bond acceptors (Lipinski definition) is 2. The minimum Gasteiger partial charge on any atom is -0.285 e. The van der Waals surface area contributed by atoms with Crippen molar-refractivity contribution in [2.75, 3.05) is 0 Å². The molecule has 4 atom stereocenters. The summed E-state index contributed by atoms with van der Waals surface area (Å²) in [6.45, 7) is 11.2. The van der Waals surface area contributed by atoms with E-state index in [4.69, 9.17) is 4.99 Å². The van der Waals surface area contributed by atoms with Crippen molar-refractivity contribution in [3.8, 4) is 11.3 Å². The molecule has 2 heteroatoms. The molecule has 0 amide bonds. The third-order valence-electron chi connectivity index (χ3n) is 9.88. The Morgan fingerprint density at radius 3 is 2.33 bits per heavy atom. The number of benzene rings is 3. The van der Waals surface area contributed by atoms with E-state index in [1.54, 1.807) is 0 Å². The van der Waals surface area contributed by atoms with Gasteiger partial charge in [0.15, 0.2) is 0 Å². The van der Waals surface area contributed by atoms with Gasteiger partial charge in [-0.25, -0.2) is 0 Å². The molecule has 0 aliphatic heterocycles. The Balaban J connectivity index is 1.34. The van der Waals surface area contributed by atoms with Crippen LogP contribution in [0.4, 0.5) is 0 Å². The van der Waals surface area contributed by atoms with Crippen LogP contribution in [0, 0.1) is 5.41 Å². The van der Waals surface area contributed by atoms with Crippen LogP contribution in [0.15, 0.2) is 126 Å². The summed E-state index contributed by atoms with van der Waals surface area (Å²) >= 11 is 0. The zero-order valence-electron chi connectivity index (χ0n) is 27.0. The van der Waals surface area contributed by atoms with E-state index in [1.165, 1.54) is 50.1 Å². The molecule has 224 valence electrons. The maximum absolute atomic E-state index is 4.70. The summed E-state index contributed by atoms with van der Waals surface area (Å²) in [5.41, 5.74) is 14.9. The van der Waals surface area contributed by atoms with Crippen molar-refractivity contribution in [1.29, 1.82) is 0 Å².